The molecule has 1 aliphatic heterocycles. The molecule has 0 radical (unpaired) electrons. The Morgan fingerprint density at radius 3 is 2.29 bits per heavy atom. The summed E-state index contributed by atoms with van der Waals surface area (Å²) in [5.74, 6) is 0.201. The number of hydrogen-bond acceptors (Lipinski definition) is 8. The Kier molecular flexibility index (Phi) is 8.44. The molecule has 0 saturated carbocycles. The molecule has 166 valence electrons. The van der Waals surface area contributed by atoms with Gasteiger partial charge in [-0.3, -0.25) is 0 Å². The van der Waals surface area contributed by atoms with Crippen molar-refractivity contribution in [3.63, 3.8) is 0 Å². The third kappa shape index (κ3) is 5.03. The molecule has 1 saturated heterocycles. The normalized spacial score (nSPS) is 34.0. The number of ether oxygens (including phenoxy) is 2. The van der Waals surface area contributed by atoms with Crippen LogP contribution in [0.4, 0.5) is 0 Å². The first-order valence-electron chi connectivity index (χ1n) is 9.66. The monoisotopic (exact) mass is 421 g/mol. The van der Waals surface area contributed by atoms with E-state index in [9.17, 15) is 20.4 Å². The lowest BCUT2D eigenvalue weighted by molar-refractivity contribution is -0.224. The largest absolute Gasteiger partial charge is 0.490 e. The zero-order valence-corrected chi connectivity index (χ0v) is 19.0. The molecule has 0 amide bonds. The highest BCUT2D eigenvalue weighted by molar-refractivity contribution is 8.01. The van der Waals surface area contributed by atoms with Crippen molar-refractivity contribution < 1.29 is 29.9 Å². The van der Waals surface area contributed by atoms with E-state index in [1.54, 1.807) is 13.8 Å². The second kappa shape index (κ2) is 9.20. The van der Waals surface area contributed by atoms with Gasteiger partial charge in [-0.1, -0.05) is 41.2 Å². The van der Waals surface area contributed by atoms with Gasteiger partial charge in [0.05, 0.1) is 31.1 Å². The number of aliphatic hydroxyl groups is 4. The first-order valence-corrected chi connectivity index (χ1v) is 10.5. The second-order valence-corrected chi connectivity index (χ2v) is 10.9. The van der Waals surface area contributed by atoms with Crippen LogP contribution in [-0.2, 0) is 9.47 Å². The summed E-state index contributed by atoms with van der Waals surface area (Å²) in [6.45, 7) is 16.4. The minimum absolute atomic E-state index is 0.200. The van der Waals surface area contributed by atoms with E-state index in [2.05, 4.69) is 6.58 Å². The average Bonchev–Trinajstić information content (AvgIpc) is 2.61. The molecule has 0 bridgehead atoms. The highest BCUT2D eigenvalue weighted by Crippen LogP contribution is 2.51. The van der Waals surface area contributed by atoms with E-state index in [0.717, 1.165) is 0 Å². The average molecular weight is 422 g/mol. The van der Waals surface area contributed by atoms with Crippen LogP contribution in [0, 0.1) is 11.3 Å². The van der Waals surface area contributed by atoms with E-state index in [0.29, 0.717) is 5.76 Å². The molecule has 1 rings (SSSR count). The zero-order valence-electron chi connectivity index (χ0n) is 18.2. The molecule has 0 aliphatic carbocycles. The maximum atomic E-state index is 10.8. The summed E-state index contributed by atoms with van der Waals surface area (Å²) in [6.07, 6.45) is -2.75. The highest BCUT2D eigenvalue weighted by atomic mass is 32.2. The first-order chi connectivity index (χ1) is 12.6. The Balaban J connectivity index is 3.12. The fourth-order valence-electron chi connectivity index (χ4n) is 3.41. The molecular weight excluding hydrogens is 382 g/mol. The summed E-state index contributed by atoms with van der Waals surface area (Å²) < 4.78 is 11.4. The lowest BCUT2D eigenvalue weighted by Crippen LogP contribution is -2.67. The van der Waals surface area contributed by atoms with Crippen LogP contribution in [0.3, 0.4) is 0 Å². The Labute approximate surface area is 173 Å². The van der Waals surface area contributed by atoms with Crippen molar-refractivity contribution in [1.29, 1.82) is 0 Å². The van der Waals surface area contributed by atoms with Gasteiger partial charge in [-0.05, 0) is 25.2 Å². The number of hydrogen-bond donors (Lipinski definition) is 5. The van der Waals surface area contributed by atoms with Crippen LogP contribution in [0.1, 0.15) is 48.5 Å². The van der Waals surface area contributed by atoms with Crippen molar-refractivity contribution in [2.45, 2.75) is 88.6 Å². The fourth-order valence-corrected chi connectivity index (χ4v) is 5.06. The van der Waals surface area contributed by atoms with E-state index in [1.165, 1.54) is 11.8 Å². The van der Waals surface area contributed by atoms with E-state index < -0.39 is 45.6 Å². The molecular formula is C20H39NO6S. The van der Waals surface area contributed by atoms with Crippen molar-refractivity contribution in [2.75, 3.05) is 13.2 Å². The van der Waals surface area contributed by atoms with Gasteiger partial charge in [-0.2, -0.15) is 0 Å². The molecule has 6 unspecified atom stereocenters. The number of rotatable bonds is 9. The Bertz CT molecular complexity index is 543. The molecule has 0 aromatic rings. The van der Waals surface area contributed by atoms with Crippen molar-refractivity contribution in [3.8, 4) is 0 Å². The van der Waals surface area contributed by atoms with Gasteiger partial charge >= 0.3 is 0 Å². The summed E-state index contributed by atoms with van der Waals surface area (Å²) in [7, 11) is 0. The lowest BCUT2D eigenvalue weighted by Gasteiger charge is -2.53. The van der Waals surface area contributed by atoms with Crippen LogP contribution in [0.15, 0.2) is 12.3 Å². The summed E-state index contributed by atoms with van der Waals surface area (Å²) in [4.78, 5) is 0. The predicted molar refractivity (Wildman–Crippen MR) is 112 cm³/mol. The Morgan fingerprint density at radius 1 is 1.32 bits per heavy atom. The smallest absolute Gasteiger partial charge is 0.156 e. The Hall–Kier alpha value is -0.350. The van der Waals surface area contributed by atoms with Crippen molar-refractivity contribution >= 4 is 11.8 Å². The summed E-state index contributed by atoms with van der Waals surface area (Å²) in [5.41, 5.74) is 4.14. The minimum atomic E-state index is -1.15. The molecule has 1 fully saturated rings. The predicted octanol–water partition coefficient (Wildman–Crippen LogP) is 1.23. The van der Waals surface area contributed by atoms with Gasteiger partial charge in [-0.15, -0.1) is 11.8 Å². The van der Waals surface area contributed by atoms with Crippen LogP contribution in [0.5, 0.6) is 0 Å². The van der Waals surface area contributed by atoms with Gasteiger partial charge in [0.25, 0.3) is 0 Å². The molecule has 28 heavy (non-hydrogen) atoms. The number of thioether (sulfide) groups is 1. The van der Waals surface area contributed by atoms with Crippen LogP contribution < -0.4 is 5.73 Å². The lowest BCUT2D eigenvalue weighted by atomic mass is 9.69. The van der Waals surface area contributed by atoms with E-state index in [-0.39, 0.29) is 19.1 Å². The zero-order chi connectivity index (χ0) is 22.1. The SMILES string of the molecule is C=C(C)OC1C(O)C(N)C(SC(C)(C)C(C)(C)C(C)[C@@H](O)CO)OC1(C)CO. The first kappa shape index (κ1) is 25.7. The Morgan fingerprint density at radius 2 is 1.86 bits per heavy atom. The topological polar surface area (TPSA) is 125 Å². The van der Waals surface area contributed by atoms with Gasteiger partial charge in [0.1, 0.15) is 17.1 Å². The van der Waals surface area contributed by atoms with Gasteiger partial charge in [0, 0.05) is 4.75 Å². The third-order valence-corrected chi connectivity index (χ3v) is 8.27. The number of nitrogens with two attached hydrogens (primary N) is 1. The van der Waals surface area contributed by atoms with Crippen LogP contribution in [-0.4, -0.2) is 73.8 Å². The third-order valence-electron chi connectivity index (χ3n) is 6.51. The molecule has 1 aliphatic rings. The van der Waals surface area contributed by atoms with Crippen molar-refractivity contribution in [2.24, 2.45) is 17.1 Å². The molecule has 8 heteroatoms. The molecule has 0 aromatic carbocycles. The highest BCUT2D eigenvalue weighted by Gasteiger charge is 2.55. The quantitative estimate of drug-likeness (QED) is 0.352. The van der Waals surface area contributed by atoms with Gasteiger partial charge in [-0.25, -0.2) is 0 Å². The summed E-state index contributed by atoms with van der Waals surface area (Å²) in [6, 6.07) is -0.748. The molecule has 7 nitrogen and oxygen atoms in total. The molecule has 7 atom stereocenters. The molecule has 0 aromatic heterocycles. The fraction of sp³-hybridized carbons (Fsp3) is 0.900. The van der Waals surface area contributed by atoms with E-state index in [1.807, 2.05) is 34.6 Å². The molecule has 0 spiro atoms. The van der Waals surface area contributed by atoms with Crippen LogP contribution >= 0.6 is 11.8 Å². The van der Waals surface area contributed by atoms with E-state index in [4.69, 9.17) is 15.2 Å². The standard InChI is InChI=1S/C20H39NO6S/c1-11(2)26-16-15(25)14(21)17(27-20(16,8)10-23)28-19(6,7)18(4,5)12(3)13(24)9-22/h12-17,22-25H,1,9-10,21H2,2-8H3/t12?,13-,14?,15?,16?,17?,20?/m0/s1. The van der Waals surface area contributed by atoms with Gasteiger partial charge in [0.2, 0.25) is 0 Å². The number of allylic oxidation sites excluding steroid dienone is 1. The molecule has 1 heterocycles. The van der Waals surface area contributed by atoms with Gasteiger partial charge in [0.15, 0.2) is 6.10 Å². The van der Waals surface area contributed by atoms with Crippen molar-refractivity contribution in [3.05, 3.63) is 12.3 Å². The van der Waals surface area contributed by atoms with Crippen LogP contribution in [0.2, 0.25) is 0 Å². The number of aliphatic hydroxyl groups excluding tert-OH is 4. The van der Waals surface area contributed by atoms with E-state index >= 15 is 0 Å². The summed E-state index contributed by atoms with van der Waals surface area (Å²) >= 11 is 1.45. The maximum absolute atomic E-state index is 10.8. The van der Waals surface area contributed by atoms with Crippen LogP contribution in [0.25, 0.3) is 0 Å². The summed E-state index contributed by atoms with van der Waals surface area (Å²) in [5, 5.41) is 40.2. The second-order valence-electron chi connectivity index (χ2n) is 9.15. The minimum Gasteiger partial charge on any atom is -0.490 e. The van der Waals surface area contributed by atoms with Gasteiger partial charge < -0.3 is 35.6 Å². The molecule has 6 N–H and O–H groups in total. The maximum Gasteiger partial charge on any atom is 0.156 e. The van der Waals surface area contributed by atoms with Crippen molar-refractivity contribution in [1.82, 2.24) is 0 Å².